The summed E-state index contributed by atoms with van der Waals surface area (Å²) in [4.78, 5) is 18.4. The molecule has 0 unspecified atom stereocenters. The van der Waals surface area contributed by atoms with Crippen LogP contribution in [0.1, 0.15) is 43.0 Å². The van der Waals surface area contributed by atoms with Gasteiger partial charge in [0.1, 0.15) is 29.4 Å². The Hall–Kier alpha value is -3.35. The highest BCUT2D eigenvalue weighted by Gasteiger charge is 2.41. The molecule has 1 fully saturated rings. The molecule has 1 N–H and O–H groups in total. The van der Waals surface area contributed by atoms with Crippen LogP contribution in [0.15, 0.2) is 36.5 Å². The van der Waals surface area contributed by atoms with Gasteiger partial charge in [0.2, 0.25) is 0 Å². The van der Waals surface area contributed by atoms with E-state index in [1.165, 1.54) is 13.3 Å². The Morgan fingerprint density at radius 3 is 2.53 bits per heavy atom. The number of aliphatic carboxylic acids is 1. The molecule has 1 aromatic heterocycles. The molecule has 0 saturated carbocycles. The lowest BCUT2D eigenvalue weighted by Gasteiger charge is -2.38. The first-order chi connectivity index (χ1) is 18.1. The van der Waals surface area contributed by atoms with Gasteiger partial charge in [0.15, 0.2) is 0 Å². The van der Waals surface area contributed by atoms with Crippen molar-refractivity contribution in [3.8, 4) is 17.6 Å². The summed E-state index contributed by atoms with van der Waals surface area (Å²) in [7, 11) is 1.50. The number of carboxylic acids is 1. The number of alkyl halides is 1. The van der Waals surface area contributed by atoms with Gasteiger partial charge < -0.3 is 9.84 Å². The van der Waals surface area contributed by atoms with Crippen LogP contribution in [0.2, 0.25) is 5.02 Å². The summed E-state index contributed by atoms with van der Waals surface area (Å²) >= 11 is 6.31. The second-order valence-electron chi connectivity index (χ2n) is 9.32. The normalized spacial score (nSPS) is 16.1. The highest BCUT2D eigenvalue weighted by atomic mass is 35.5. The molecule has 0 amide bonds. The van der Waals surface area contributed by atoms with Gasteiger partial charge in [-0.05, 0) is 43.9 Å². The molecule has 3 aromatic rings. The van der Waals surface area contributed by atoms with Gasteiger partial charge in [0.05, 0.1) is 35.2 Å². The summed E-state index contributed by atoms with van der Waals surface area (Å²) in [6.45, 7) is 0.878. The van der Waals surface area contributed by atoms with Crippen LogP contribution in [0.3, 0.4) is 0 Å². The smallest absolute Gasteiger partial charge is 0.309 e. The number of hydrogen-bond donors (Lipinski definition) is 1. The molecule has 5 nitrogen and oxygen atoms in total. The van der Waals surface area contributed by atoms with Crippen molar-refractivity contribution in [3.63, 3.8) is 0 Å². The molecule has 38 heavy (non-hydrogen) atoms. The number of piperidine rings is 1. The number of pyridine rings is 1. The van der Waals surface area contributed by atoms with Crippen LogP contribution in [0.25, 0.3) is 10.9 Å². The maximum Gasteiger partial charge on any atom is 0.309 e. The Bertz CT molecular complexity index is 1390. The fraction of sp³-hybridized carbons (Fsp3) is 0.357. The average Bonchev–Trinajstić information content (AvgIpc) is 2.89. The lowest BCUT2D eigenvalue weighted by Crippen LogP contribution is -2.44. The molecule has 10 heteroatoms. The SMILES string of the molecule is COc1ccc2ncc(Cl)c([C@@H](F)CCC3(C(=O)O)CCN(CC#Cc4c(F)cc(F)cc4F)CC3)c2c1. The monoisotopic (exact) mass is 548 g/mol. The van der Waals surface area contributed by atoms with Gasteiger partial charge in [-0.15, -0.1) is 0 Å². The van der Waals surface area contributed by atoms with Crippen molar-refractivity contribution >= 4 is 28.5 Å². The molecule has 1 aliphatic heterocycles. The molecule has 1 aliphatic rings. The topological polar surface area (TPSA) is 62.7 Å². The van der Waals surface area contributed by atoms with Crippen LogP contribution < -0.4 is 4.74 Å². The van der Waals surface area contributed by atoms with Crippen molar-refractivity contribution in [3.05, 3.63) is 70.1 Å². The Kier molecular flexibility index (Phi) is 8.44. The summed E-state index contributed by atoms with van der Waals surface area (Å²) in [6.07, 6.45) is 0.433. The van der Waals surface area contributed by atoms with Gasteiger partial charge in [-0.1, -0.05) is 23.4 Å². The van der Waals surface area contributed by atoms with Crippen molar-refractivity contribution in [2.45, 2.75) is 31.9 Å². The van der Waals surface area contributed by atoms with Gasteiger partial charge in [0.25, 0.3) is 0 Å². The third-order valence-electron chi connectivity index (χ3n) is 7.05. The number of fused-ring (bicyclic) bond motifs is 1. The number of aromatic nitrogens is 1. The van der Waals surface area contributed by atoms with Gasteiger partial charge in [-0.3, -0.25) is 14.7 Å². The fourth-order valence-corrected chi connectivity index (χ4v) is 5.04. The zero-order chi connectivity index (χ0) is 27.4. The molecule has 0 radical (unpaired) electrons. The lowest BCUT2D eigenvalue weighted by molar-refractivity contribution is -0.152. The minimum atomic E-state index is -1.51. The zero-order valence-corrected chi connectivity index (χ0v) is 21.3. The van der Waals surface area contributed by atoms with Crippen LogP contribution in [-0.4, -0.2) is 47.7 Å². The number of likely N-dealkylation sites (tertiary alicyclic amines) is 1. The summed E-state index contributed by atoms with van der Waals surface area (Å²) in [5, 5.41) is 10.7. The Labute approximate surface area is 222 Å². The molecule has 200 valence electrons. The predicted molar refractivity (Wildman–Crippen MR) is 135 cm³/mol. The molecule has 2 heterocycles. The van der Waals surface area contributed by atoms with E-state index in [-0.39, 0.29) is 42.8 Å². The Morgan fingerprint density at radius 2 is 1.89 bits per heavy atom. The highest BCUT2D eigenvalue weighted by molar-refractivity contribution is 6.32. The molecule has 2 aromatic carbocycles. The number of hydrogen-bond acceptors (Lipinski definition) is 4. The van der Waals surface area contributed by atoms with E-state index in [0.29, 0.717) is 41.9 Å². The molecular weight excluding hydrogens is 524 g/mol. The maximum absolute atomic E-state index is 15.6. The molecule has 1 atom stereocenters. The highest BCUT2D eigenvalue weighted by Crippen LogP contribution is 2.42. The number of nitrogens with zero attached hydrogens (tertiary/aromatic N) is 2. The lowest BCUT2D eigenvalue weighted by atomic mass is 9.74. The number of rotatable bonds is 7. The third-order valence-corrected chi connectivity index (χ3v) is 7.35. The Balaban J connectivity index is 1.42. The third kappa shape index (κ3) is 5.87. The van der Waals surface area contributed by atoms with Crippen molar-refractivity contribution < 1.29 is 32.2 Å². The van der Waals surface area contributed by atoms with E-state index in [9.17, 15) is 23.1 Å². The van der Waals surface area contributed by atoms with Gasteiger partial charge in [0, 0.05) is 42.4 Å². The van der Waals surface area contributed by atoms with E-state index in [2.05, 4.69) is 16.8 Å². The summed E-state index contributed by atoms with van der Waals surface area (Å²) in [5.74, 6) is 1.38. The largest absolute Gasteiger partial charge is 0.497 e. The quantitative estimate of drug-likeness (QED) is 0.276. The van der Waals surface area contributed by atoms with Crippen LogP contribution in [0, 0.1) is 34.7 Å². The molecular formula is C28H25ClF4N2O3. The first-order valence-electron chi connectivity index (χ1n) is 12.0. The van der Waals surface area contributed by atoms with Crippen molar-refractivity contribution in [2.75, 3.05) is 26.7 Å². The van der Waals surface area contributed by atoms with E-state index in [1.807, 2.05) is 4.90 Å². The molecule has 0 aliphatic carbocycles. The number of ether oxygens (including phenoxy) is 1. The molecule has 4 rings (SSSR count). The summed E-state index contributed by atoms with van der Waals surface area (Å²) in [6, 6.07) is 6.20. The second-order valence-corrected chi connectivity index (χ2v) is 9.72. The standard InChI is InChI=1S/C28H25ClF4N2O3/c1-38-18-4-5-25-20(15-18)26(21(29)16-34-25)22(31)6-7-28(27(36)37)8-11-35(12-9-28)10-2-3-19-23(32)13-17(30)14-24(19)33/h4-5,13-16,22H,6-12H2,1H3,(H,36,37)/t22-/m0/s1. The molecule has 1 saturated heterocycles. The van der Waals surface area contributed by atoms with E-state index >= 15 is 4.39 Å². The Morgan fingerprint density at radius 1 is 1.21 bits per heavy atom. The van der Waals surface area contributed by atoms with Gasteiger partial charge in [-0.2, -0.15) is 0 Å². The maximum atomic E-state index is 15.6. The molecule has 0 bridgehead atoms. The van der Waals surface area contributed by atoms with Crippen LogP contribution in [0.4, 0.5) is 17.6 Å². The van der Waals surface area contributed by atoms with Crippen LogP contribution in [0.5, 0.6) is 5.75 Å². The minimum Gasteiger partial charge on any atom is -0.497 e. The van der Waals surface area contributed by atoms with Crippen molar-refractivity contribution in [1.29, 1.82) is 0 Å². The van der Waals surface area contributed by atoms with Crippen LogP contribution >= 0.6 is 11.6 Å². The molecule has 0 spiro atoms. The van der Waals surface area contributed by atoms with E-state index in [1.54, 1.807) is 18.2 Å². The minimum absolute atomic E-state index is 0.0503. The summed E-state index contributed by atoms with van der Waals surface area (Å²) < 4.78 is 61.5. The van der Waals surface area contributed by atoms with E-state index in [0.717, 1.165) is 0 Å². The van der Waals surface area contributed by atoms with Gasteiger partial charge >= 0.3 is 5.97 Å². The number of benzene rings is 2. The average molecular weight is 549 g/mol. The fourth-order valence-electron chi connectivity index (χ4n) is 4.77. The van der Waals surface area contributed by atoms with Crippen LogP contribution in [-0.2, 0) is 4.79 Å². The number of halogens is 5. The van der Waals surface area contributed by atoms with E-state index in [4.69, 9.17) is 16.3 Å². The number of carbonyl (C=O) groups is 1. The number of methoxy groups -OCH3 is 1. The van der Waals surface area contributed by atoms with Crippen molar-refractivity contribution in [1.82, 2.24) is 9.88 Å². The number of carboxylic acid groups (broad SMARTS) is 1. The predicted octanol–water partition coefficient (Wildman–Crippen LogP) is 6.32. The van der Waals surface area contributed by atoms with Crippen molar-refractivity contribution in [2.24, 2.45) is 5.41 Å². The second kappa shape index (κ2) is 11.6. The first-order valence-corrected chi connectivity index (χ1v) is 12.4. The summed E-state index contributed by atoms with van der Waals surface area (Å²) in [5.41, 5.74) is -0.840. The first kappa shape index (κ1) is 27.7. The zero-order valence-electron chi connectivity index (χ0n) is 20.5. The van der Waals surface area contributed by atoms with E-state index < -0.39 is 40.6 Å². The van der Waals surface area contributed by atoms with Gasteiger partial charge in [-0.25, -0.2) is 17.6 Å².